The van der Waals surface area contributed by atoms with Crippen molar-refractivity contribution in [1.29, 1.82) is 0 Å². The van der Waals surface area contributed by atoms with Gasteiger partial charge in [-0.15, -0.1) is 11.6 Å². The van der Waals surface area contributed by atoms with Crippen molar-refractivity contribution >= 4 is 17.5 Å². The Labute approximate surface area is 128 Å². The Kier molecular flexibility index (Phi) is 4.11. The van der Waals surface area contributed by atoms with E-state index in [0.717, 1.165) is 24.2 Å². The quantitative estimate of drug-likeness (QED) is 0.847. The monoisotopic (exact) mass is 301 g/mol. The normalized spacial score (nSPS) is 15.3. The van der Waals surface area contributed by atoms with E-state index in [-0.39, 0.29) is 5.91 Å². The van der Waals surface area contributed by atoms with Gasteiger partial charge >= 0.3 is 0 Å². The van der Waals surface area contributed by atoms with Gasteiger partial charge in [0.05, 0.1) is 0 Å². The topological polar surface area (TPSA) is 38.3 Å². The number of halogens is 1. The van der Waals surface area contributed by atoms with Gasteiger partial charge in [-0.3, -0.25) is 4.79 Å². The lowest BCUT2D eigenvalue weighted by Crippen LogP contribution is -2.28. The molecule has 4 heteroatoms. The molecule has 1 unspecified atom stereocenters. The Morgan fingerprint density at radius 2 is 1.81 bits per heavy atom. The predicted molar refractivity (Wildman–Crippen MR) is 82.7 cm³/mol. The van der Waals surface area contributed by atoms with E-state index in [9.17, 15) is 4.79 Å². The Bertz CT molecular complexity index is 626. The molecule has 1 amide bonds. The largest absolute Gasteiger partial charge is 0.457 e. The molecule has 21 heavy (non-hydrogen) atoms. The first-order valence-electron chi connectivity index (χ1n) is 7.00. The summed E-state index contributed by atoms with van der Waals surface area (Å²) in [4.78, 5) is 12.0. The van der Waals surface area contributed by atoms with Gasteiger partial charge in [-0.05, 0) is 42.7 Å². The molecule has 0 heterocycles. The molecule has 108 valence electrons. The van der Waals surface area contributed by atoms with Crippen LogP contribution < -0.4 is 10.1 Å². The number of amides is 1. The molecular formula is C17H16ClNO2. The van der Waals surface area contributed by atoms with E-state index in [1.165, 1.54) is 0 Å². The van der Waals surface area contributed by atoms with E-state index >= 15 is 0 Å². The SMILES string of the molecule is O=C(NC1CC1)C(Cl)c1cccc(Oc2ccccc2)c1. The Balaban J connectivity index is 1.71. The highest BCUT2D eigenvalue weighted by Gasteiger charge is 2.27. The molecule has 1 saturated carbocycles. The maximum atomic E-state index is 12.0. The smallest absolute Gasteiger partial charge is 0.242 e. The minimum atomic E-state index is -0.690. The fourth-order valence-corrected chi connectivity index (χ4v) is 2.21. The maximum absolute atomic E-state index is 12.0. The maximum Gasteiger partial charge on any atom is 0.242 e. The third kappa shape index (κ3) is 3.76. The summed E-state index contributed by atoms with van der Waals surface area (Å²) in [6.45, 7) is 0. The summed E-state index contributed by atoms with van der Waals surface area (Å²) >= 11 is 6.24. The first-order valence-corrected chi connectivity index (χ1v) is 7.43. The number of hydrogen-bond donors (Lipinski definition) is 1. The van der Waals surface area contributed by atoms with Crippen LogP contribution in [0.1, 0.15) is 23.8 Å². The third-order valence-electron chi connectivity index (χ3n) is 3.28. The summed E-state index contributed by atoms with van der Waals surface area (Å²) < 4.78 is 5.75. The van der Waals surface area contributed by atoms with Gasteiger partial charge in [-0.1, -0.05) is 30.3 Å². The van der Waals surface area contributed by atoms with E-state index in [2.05, 4.69) is 5.32 Å². The summed E-state index contributed by atoms with van der Waals surface area (Å²) in [6, 6.07) is 17.1. The van der Waals surface area contributed by atoms with Crippen LogP contribution in [-0.4, -0.2) is 11.9 Å². The second-order valence-electron chi connectivity index (χ2n) is 5.13. The first kappa shape index (κ1) is 14.0. The molecular weight excluding hydrogens is 286 g/mol. The van der Waals surface area contributed by atoms with Crippen LogP contribution in [0.2, 0.25) is 0 Å². The minimum absolute atomic E-state index is 0.143. The van der Waals surface area contributed by atoms with Crippen LogP contribution in [0.3, 0.4) is 0 Å². The van der Waals surface area contributed by atoms with Crippen LogP contribution in [0.5, 0.6) is 11.5 Å². The zero-order chi connectivity index (χ0) is 14.7. The number of nitrogens with one attached hydrogen (secondary N) is 1. The minimum Gasteiger partial charge on any atom is -0.457 e. The van der Waals surface area contributed by atoms with Crippen LogP contribution in [0, 0.1) is 0 Å². The lowest BCUT2D eigenvalue weighted by molar-refractivity contribution is -0.121. The zero-order valence-electron chi connectivity index (χ0n) is 11.5. The number of hydrogen-bond acceptors (Lipinski definition) is 2. The molecule has 0 aliphatic heterocycles. The fourth-order valence-electron chi connectivity index (χ4n) is 2.01. The summed E-state index contributed by atoms with van der Waals surface area (Å²) in [6.07, 6.45) is 2.10. The molecule has 1 aliphatic carbocycles. The van der Waals surface area contributed by atoms with Crippen LogP contribution in [-0.2, 0) is 4.79 Å². The molecule has 3 rings (SSSR count). The van der Waals surface area contributed by atoms with Crippen molar-refractivity contribution in [2.45, 2.75) is 24.3 Å². The molecule has 2 aromatic rings. The van der Waals surface area contributed by atoms with E-state index in [0.29, 0.717) is 11.8 Å². The van der Waals surface area contributed by atoms with Gasteiger partial charge in [0.1, 0.15) is 16.9 Å². The van der Waals surface area contributed by atoms with Crippen LogP contribution >= 0.6 is 11.6 Å². The van der Waals surface area contributed by atoms with Gasteiger partial charge in [0.15, 0.2) is 0 Å². The standard InChI is InChI=1S/C17H16ClNO2/c18-16(17(20)19-13-9-10-13)12-5-4-8-15(11-12)21-14-6-2-1-3-7-14/h1-8,11,13,16H,9-10H2,(H,19,20). The lowest BCUT2D eigenvalue weighted by atomic mass is 10.1. The highest BCUT2D eigenvalue weighted by Crippen LogP contribution is 2.28. The lowest BCUT2D eigenvalue weighted by Gasteiger charge is -2.12. The first-order chi connectivity index (χ1) is 10.2. The van der Waals surface area contributed by atoms with Gasteiger partial charge in [-0.2, -0.15) is 0 Å². The van der Waals surface area contributed by atoms with Crippen molar-refractivity contribution in [3.63, 3.8) is 0 Å². The van der Waals surface area contributed by atoms with Gasteiger partial charge < -0.3 is 10.1 Å². The molecule has 1 atom stereocenters. The van der Waals surface area contributed by atoms with Crippen molar-refractivity contribution in [3.05, 3.63) is 60.2 Å². The highest BCUT2D eigenvalue weighted by atomic mass is 35.5. The molecule has 3 nitrogen and oxygen atoms in total. The zero-order valence-corrected chi connectivity index (χ0v) is 12.2. The van der Waals surface area contributed by atoms with Crippen LogP contribution in [0.15, 0.2) is 54.6 Å². The van der Waals surface area contributed by atoms with E-state index < -0.39 is 5.38 Å². The molecule has 2 aromatic carbocycles. The highest BCUT2D eigenvalue weighted by molar-refractivity contribution is 6.30. The van der Waals surface area contributed by atoms with E-state index in [4.69, 9.17) is 16.3 Å². The molecule has 0 bridgehead atoms. The van der Waals surface area contributed by atoms with Crippen molar-refractivity contribution in [2.75, 3.05) is 0 Å². The van der Waals surface area contributed by atoms with Crippen molar-refractivity contribution in [3.8, 4) is 11.5 Å². The second-order valence-corrected chi connectivity index (χ2v) is 5.57. The molecule has 1 aliphatic rings. The van der Waals surface area contributed by atoms with Crippen molar-refractivity contribution < 1.29 is 9.53 Å². The van der Waals surface area contributed by atoms with Crippen LogP contribution in [0.25, 0.3) is 0 Å². The van der Waals surface area contributed by atoms with Crippen molar-refractivity contribution in [2.24, 2.45) is 0 Å². The van der Waals surface area contributed by atoms with Gasteiger partial charge in [0.2, 0.25) is 5.91 Å². The summed E-state index contributed by atoms with van der Waals surface area (Å²) in [5, 5.41) is 2.22. The molecule has 0 spiro atoms. The predicted octanol–water partition coefficient (Wildman–Crippen LogP) is 4.04. The third-order valence-corrected chi connectivity index (χ3v) is 3.73. The summed E-state index contributed by atoms with van der Waals surface area (Å²) in [5.74, 6) is 1.28. The average molecular weight is 302 g/mol. The van der Waals surface area contributed by atoms with Gasteiger partial charge in [0, 0.05) is 6.04 Å². The van der Waals surface area contributed by atoms with E-state index in [1.807, 2.05) is 48.5 Å². The molecule has 0 aromatic heterocycles. The van der Waals surface area contributed by atoms with Crippen LogP contribution in [0.4, 0.5) is 0 Å². The van der Waals surface area contributed by atoms with Gasteiger partial charge in [0.25, 0.3) is 0 Å². The number of benzene rings is 2. The Morgan fingerprint density at radius 3 is 2.52 bits per heavy atom. The second kappa shape index (κ2) is 6.19. The molecule has 1 N–H and O–H groups in total. The number of rotatable bonds is 5. The molecule has 1 fully saturated rings. The Hall–Kier alpha value is -2.00. The number of alkyl halides is 1. The number of ether oxygens (including phenoxy) is 1. The Morgan fingerprint density at radius 1 is 1.10 bits per heavy atom. The van der Waals surface area contributed by atoms with E-state index in [1.54, 1.807) is 6.07 Å². The van der Waals surface area contributed by atoms with Gasteiger partial charge in [-0.25, -0.2) is 0 Å². The summed E-state index contributed by atoms with van der Waals surface area (Å²) in [5.41, 5.74) is 0.739. The summed E-state index contributed by atoms with van der Waals surface area (Å²) in [7, 11) is 0. The number of carbonyl (C=O) groups excluding carboxylic acids is 1. The number of carbonyl (C=O) groups is 1. The molecule has 0 radical (unpaired) electrons. The number of para-hydroxylation sites is 1. The molecule has 0 saturated heterocycles. The fraction of sp³-hybridized carbons (Fsp3) is 0.235. The average Bonchev–Trinajstić information content (AvgIpc) is 3.32. The van der Waals surface area contributed by atoms with Crippen molar-refractivity contribution in [1.82, 2.24) is 5.32 Å².